The fourth-order valence-electron chi connectivity index (χ4n) is 0.346. The molecule has 0 N–H and O–H groups in total. The molecule has 0 amide bonds. The van der Waals surface area contributed by atoms with Gasteiger partial charge in [0.05, 0.1) is 0 Å². The molecule has 0 aromatic carbocycles. The first-order valence-electron chi connectivity index (χ1n) is 2.80. The third-order valence-electron chi connectivity index (χ3n) is 0.871. The van der Waals surface area contributed by atoms with Crippen molar-refractivity contribution in [2.45, 2.75) is 25.5 Å². The van der Waals surface area contributed by atoms with Crippen LogP contribution < -0.4 is 0 Å². The van der Waals surface area contributed by atoms with Crippen LogP contribution in [0.1, 0.15) is 13.8 Å². The maximum absolute atomic E-state index is 9.81. The van der Waals surface area contributed by atoms with E-state index in [9.17, 15) is 4.91 Å². The molecule has 2 unspecified atom stereocenters. The number of rotatable bonds is 4. The van der Waals surface area contributed by atoms with E-state index in [4.69, 9.17) is 16.3 Å². The van der Waals surface area contributed by atoms with Gasteiger partial charge in [0.2, 0.25) is 0 Å². The second kappa shape index (κ2) is 4.70. The summed E-state index contributed by atoms with van der Waals surface area (Å²) in [6.45, 7) is 3.93. The summed E-state index contributed by atoms with van der Waals surface area (Å²) in [6.07, 6.45) is 0. The van der Waals surface area contributed by atoms with Gasteiger partial charge < -0.3 is 4.74 Å². The lowest BCUT2D eigenvalue weighted by molar-refractivity contribution is 0.106. The van der Waals surface area contributed by atoms with Crippen molar-refractivity contribution in [2.24, 2.45) is 5.18 Å². The van der Waals surface area contributed by atoms with E-state index in [0.29, 0.717) is 6.61 Å². The van der Waals surface area contributed by atoms with E-state index >= 15 is 0 Å². The van der Waals surface area contributed by atoms with E-state index in [0.717, 1.165) is 0 Å². The van der Waals surface area contributed by atoms with E-state index in [1.807, 2.05) is 6.92 Å². The van der Waals surface area contributed by atoms with Crippen LogP contribution in [0, 0.1) is 4.91 Å². The zero-order valence-corrected chi connectivity index (χ0v) is 6.26. The molecule has 0 saturated heterocycles. The van der Waals surface area contributed by atoms with E-state index in [1.165, 1.54) is 0 Å². The van der Waals surface area contributed by atoms with Crippen LogP contribution in [0.5, 0.6) is 0 Å². The summed E-state index contributed by atoms with van der Waals surface area (Å²) < 4.78 is 4.87. The molecule has 0 aromatic heterocycles. The Morgan fingerprint density at radius 2 is 2.33 bits per heavy atom. The van der Waals surface area contributed by atoms with Crippen molar-refractivity contribution < 1.29 is 4.74 Å². The summed E-state index contributed by atoms with van der Waals surface area (Å²) in [5.41, 5.74) is -0.576. The van der Waals surface area contributed by atoms with Gasteiger partial charge in [0.25, 0.3) is 0 Å². The van der Waals surface area contributed by atoms with Gasteiger partial charge in [-0.15, -0.1) is 0 Å². The standard InChI is InChI=1S/C5H10ClNO2/c1-3-9-5(6)4(2)7-8/h4-5H,3H2,1-2H3. The molecule has 0 bridgehead atoms. The molecule has 54 valence electrons. The van der Waals surface area contributed by atoms with Gasteiger partial charge in [0, 0.05) is 6.61 Å². The third kappa shape index (κ3) is 3.43. The highest BCUT2D eigenvalue weighted by Gasteiger charge is 2.13. The largest absolute Gasteiger partial charge is 0.360 e. The molecular weight excluding hydrogens is 142 g/mol. The van der Waals surface area contributed by atoms with Crippen molar-refractivity contribution in [2.75, 3.05) is 6.61 Å². The maximum atomic E-state index is 9.81. The van der Waals surface area contributed by atoms with E-state index < -0.39 is 11.6 Å². The molecule has 0 aromatic rings. The molecule has 0 fully saturated rings. The minimum Gasteiger partial charge on any atom is -0.360 e. The van der Waals surface area contributed by atoms with Crippen LogP contribution in [0.3, 0.4) is 0 Å². The molecular formula is C5H10ClNO2. The fourth-order valence-corrected chi connectivity index (χ4v) is 0.518. The van der Waals surface area contributed by atoms with Gasteiger partial charge in [-0.3, -0.25) is 0 Å². The SMILES string of the molecule is CCOC(Cl)C(C)N=O. The Morgan fingerprint density at radius 3 is 2.67 bits per heavy atom. The molecule has 3 nitrogen and oxygen atoms in total. The van der Waals surface area contributed by atoms with Crippen LogP contribution in [-0.4, -0.2) is 18.2 Å². The zero-order chi connectivity index (χ0) is 7.28. The quantitative estimate of drug-likeness (QED) is 0.454. The maximum Gasteiger partial charge on any atom is 0.156 e. The van der Waals surface area contributed by atoms with Gasteiger partial charge >= 0.3 is 0 Å². The van der Waals surface area contributed by atoms with Crippen molar-refractivity contribution in [1.29, 1.82) is 0 Å². The predicted octanol–water partition coefficient (Wildman–Crippen LogP) is 1.74. The van der Waals surface area contributed by atoms with Crippen molar-refractivity contribution in [3.05, 3.63) is 4.91 Å². The molecule has 0 radical (unpaired) electrons. The summed E-state index contributed by atoms with van der Waals surface area (Å²) in [6, 6.07) is -0.466. The number of alkyl halides is 1. The van der Waals surface area contributed by atoms with Crippen LogP contribution in [0.4, 0.5) is 0 Å². The average molecular weight is 152 g/mol. The summed E-state index contributed by atoms with van der Waals surface area (Å²) in [5, 5.41) is 2.70. The summed E-state index contributed by atoms with van der Waals surface area (Å²) in [5.74, 6) is 0. The predicted molar refractivity (Wildman–Crippen MR) is 36.5 cm³/mol. The minimum absolute atomic E-state index is 0.466. The molecule has 0 saturated carbocycles. The molecule has 0 heterocycles. The van der Waals surface area contributed by atoms with Crippen molar-refractivity contribution in [3.63, 3.8) is 0 Å². The Morgan fingerprint density at radius 1 is 1.78 bits per heavy atom. The Bertz CT molecular complexity index is 89.0. The normalized spacial score (nSPS) is 16.8. The molecule has 0 aliphatic rings. The lowest BCUT2D eigenvalue weighted by Crippen LogP contribution is -2.17. The second-order valence-corrected chi connectivity index (χ2v) is 2.08. The Kier molecular flexibility index (Phi) is 4.62. The number of hydrogen-bond donors (Lipinski definition) is 0. The topological polar surface area (TPSA) is 38.7 Å². The summed E-state index contributed by atoms with van der Waals surface area (Å²) >= 11 is 5.52. The lowest BCUT2D eigenvalue weighted by atomic mass is 10.4. The number of ether oxygens (including phenoxy) is 1. The van der Waals surface area contributed by atoms with E-state index in [-0.39, 0.29) is 0 Å². The van der Waals surface area contributed by atoms with Crippen LogP contribution in [0.25, 0.3) is 0 Å². The molecule has 4 heteroatoms. The summed E-state index contributed by atoms with van der Waals surface area (Å²) in [7, 11) is 0. The van der Waals surface area contributed by atoms with Crippen LogP contribution >= 0.6 is 11.6 Å². The molecule has 0 spiro atoms. The smallest absolute Gasteiger partial charge is 0.156 e. The van der Waals surface area contributed by atoms with Gasteiger partial charge in [0.1, 0.15) is 6.04 Å². The zero-order valence-electron chi connectivity index (χ0n) is 5.50. The number of hydrogen-bond acceptors (Lipinski definition) is 3. The Hall–Kier alpha value is -0.150. The minimum atomic E-state index is -0.576. The van der Waals surface area contributed by atoms with E-state index in [2.05, 4.69) is 5.18 Å². The highest BCUT2D eigenvalue weighted by Crippen LogP contribution is 2.06. The Balaban J connectivity index is 3.44. The molecule has 0 aliphatic carbocycles. The van der Waals surface area contributed by atoms with Gasteiger partial charge in [-0.2, -0.15) is 4.91 Å². The lowest BCUT2D eigenvalue weighted by Gasteiger charge is -2.09. The fraction of sp³-hybridized carbons (Fsp3) is 1.00. The first-order chi connectivity index (χ1) is 4.22. The van der Waals surface area contributed by atoms with Gasteiger partial charge in [-0.1, -0.05) is 16.8 Å². The van der Waals surface area contributed by atoms with Crippen LogP contribution in [0.2, 0.25) is 0 Å². The van der Waals surface area contributed by atoms with Gasteiger partial charge in [-0.05, 0) is 13.8 Å². The molecule has 0 aliphatic heterocycles. The van der Waals surface area contributed by atoms with Gasteiger partial charge in [0.15, 0.2) is 5.56 Å². The van der Waals surface area contributed by atoms with Crippen molar-refractivity contribution in [3.8, 4) is 0 Å². The summed E-state index contributed by atoms with van der Waals surface area (Å²) in [4.78, 5) is 9.81. The Labute approximate surface area is 59.3 Å². The number of nitrogens with zero attached hydrogens (tertiary/aromatic N) is 1. The molecule has 0 rings (SSSR count). The highest BCUT2D eigenvalue weighted by atomic mass is 35.5. The molecule has 9 heavy (non-hydrogen) atoms. The van der Waals surface area contributed by atoms with E-state index in [1.54, 1.807) is 6.92 Å². The first-order valence-corrected chi connectivity index (χ1v) is 3.24. The van der Waals surface area contributed by atoms with Crippen LogP contribution in [0.15, 0.2) is 5.18 Å². The van der Waals surface area contributed by atoms with Crippen molar-refractivity contribution >= 4 is 11.6 Å². The first kappa shape index (κ1) is 8.85. The average Bonchev–Trinajstić information content (AvgIpc) is 1.87. The molecule has 2 atom stereocenters. The van der Waals surface area contributed by atoms with Gasteiger partial charge in [-0.25, -0.2) is 0 Å². The van der Waals surface area contributed by atoms with Crippen molar-refractivity contribution in [1.82, 2.24) is 0 Å². The monoisotopic (exact) mass is 151 g/mol. The third-order valence-corrected chi connectivity index (χ3v) is 1.36. The highest BCUT2D eigenvalue weighted by molar-refractivity contribution is 6.20. The van der Waals surface area contributed by atoms with Crippen LogP contribution in [-0.2, 0) is 4.74 Å². The number of nitroso groups, excluding NO2 is 1. The number of halogens is 1. The second-order valence-electron chi connectivity index (χ2n) is 1.65.